The predicted molar refractivity (Wildman–Crippen MR) is 77.6 cm³/mol. The van der Waals surface area contributed by atoms with Crippen molar-refractivity contribution < 1.29 is 8.42 Å². The Morgan fingerprint density at radius 1 is 1.35 bits per heavy atom. The number of benzene rings is 1. The van der Waals surface area contributed by atoms with Crippen LogP contribution in [-0.4, -0.2) is 20.8 Å². The quantitative estimate of drug-likeness (QED) is 0.912. The van der Waals surface area contributed by atoms with Crippen LogP contribution < -0.4 is 4.72 Å². The number of nitrogens with zero attached hydrogens (tertiary/aromatic N) is 1. The van der Waals surface area contributed by atoms with Gasteiger partial charge in [0.1, 0.15) is 5.84 Å². The van der Waals surface area contributed by atoms with E-state index in [0.29, 0.717) is 34.3 Å². The van der Waals surface area contributed by atoms with Gasteiger partial charge in [-0.2, -0.15) is 0 Å². The average molecular weight is 311 g/mol. The Morgan fingerprint density at radius 2 is 2.10 bits per heavy atom. The molecule has 1 aromatic rings. The zero-order valence-corrected chi connectivity index (χ0v) is 12.5. The maximum absolute atomic E-state index is 12.0. The van der Waals surface area contributed by atoms with E-state index in [0.717, 1.165) is 0 Å². The van der Waals surface area contributed by atoms with E-state index in [4.69, 9.17) is 11.6 Å². The van der Waals surface area contributed by atoms with Crippen LogP contribution in [0.25, 0.3) is 0 Å². The van der Waals surface area contributed by atoms with Gasteiger partial charge in [0.2, 0.25) is 0 Å². The Kier molecular flexibility index (Phi) is 2.52. The summed E-state index contributed by atoms with van der Waals surface area (Å²) in [6, 6.07) is 4.89. The lowest BCUT2D eigenvalue weighted by Gasteiger charge is -2.34. The average Bonchev–Trinajstić information content (AvgIpc) is 3.09. The first-order valence-electron chi connectivity index (χ1n) is 6.85. The maximum atomic E-state index is 12.0. The number of amidine groups is 1. The van der Waals surface area contributed by atoms with Crippen LogP contribution in [0.5, 0.6) is 0 Å². The maximum Gasteiger partial charge on any atom is 0.263 e. The molecule has 4 rings (SSSR count). The third-order valence-corrected chi connectivity index (χ3v) is 6.24. The lowest BCUT2D eigenvalue weighted by Crippen LogP contribution is -2.29. The molecule has 1 heterocycles. The van der Waals surface area contributed by atoms with Crippen molar-refractivity contribution in [2.45, 2.75) is 30.6 Å². The van der Waals surface area contributed by atoms with Gasteiger partial charge in [-0.15, -0.1) is 0 Å². The largest absolute Gasteiger partial charge is 0.267 e. The van der Waals surface area contributed by atoms with E-state index < -0.39 is 10.0 Å². The molecule has 106 valence electrons. The summed E-state index contributed by atoms with van der Waals surface area (Å²) in [7, 11) is -3.49. The summed E-state index contributed by atoms with van der Waals surface area (Å²) in [5.41, 5.74) is 1.29. The van der Waals surface area contributed by atoms with Crippen molar-refractivity contribution in [2.24, 2.45) is 16.3 Å². The molecule has 0 unspecified atom stereocenters. The van der Waals surface area contributed by atoms with E-state index in [-0.39, 0.29) is 4.90 Å². The molecule has 1 spiro atoms. The van der Waals surface area contributed by atoms with Crippen LogP contribution in [0.15, 0.2) is 28.1 Å². The lowest BCUT2D eigenvalue weighted by atomic mass is 9.72. The van der Waals surface area contributed by atoms with Crippen molar-refractivity contribution in [2.75, 3.05) is 6.54 Å². The fraction of sp³-hybridized carbons (Fsp3) is 0.500. The number of fused-ring (bicyclic) bond motifs is 1. The number of sulfonamides is 1. The number of aliphatic imine (C=N–C) groups is 1. The summed E-state index contributed by atoms with van der Waals surface area (Å²) in [6.45, 7) is 0.710. The fourth-order valence-electron chi connectivity index (χ4n) is 3.37. The third kappa shape index (κ3) is 1.95. The summed E-state index contributed by atoms with van der Waals surface area (Å²) >= 11 is 5.86. The molecule has 6 heteroatoms. The zero-order valence-electron chi connectivity index (χ0n) is 10.9. The van der Waals surface area contributed by atoms with Gasteiger partial charge in [-0.3, -0.25) is 9.71 Å². The standard InChI is InChI=1S/C14H15ClN2O2S/c15-10-1-2-11-12(5-10)20(18,19)17-13(11)16-8-9-6-14(7-9)3-4-14/h1-2,5,9H,3-4,6-8H2,(H,16,17). The summed E-state index contributed by atoms with van der Waals surface area (Å²) < 4.78 is 26.5. The molecule has 3 aliphatic rings. The summed E-state index contributed by atoms with van der Waals surface area (Å²) in [5.74, 6) is 1.08. The van der Waals surface area contributed by atoms with Crippen molar-refractivity contribution >= 4 is 27.5 Å². The third-order valence-electron chi connectivity index (χ3n) is 4.63. The van der Waals surface area contributed by atoms with E-state index in [9.17, 15) is 8.42 Å². The monoisotopic (exact) mass is 310 g/mol. The molecule has 1 aliphatic heterocycles. The van der Waals surface area contributed by atoms with Crippen molar-refractivity contribution in [1.82, 2.24) is 4.72 Å². The predicted octanol–water partition coefficient (Wildman–Crippen LogP) is 2.57. The van der Waals surface area contributed by atoms with Gasteiger partial charge in [0, 0.05) is 17.1 Å². The summed E-state index contributed by atoms with van der Waals surface area (Å²) in [6.07, 6.45) is 5.25. The first kappa shape index (κ1) is 12.7. The minimum atomic E-state index is -3.49. The van der Waals surface area contributed by atoms with E-state index in [1.807, 2.05) is 0 Å². The number of nitrogens with one attached hydrogen (secondary N) is 1. The molecule has 0 radical (unpaired) electrons. The minimum Gasteiger partial charge on any atom is -0.267 e. The number of rotatable bonds is 2. The van der Waals surface area contributed by atoms with Crippen LogP contribution in [-0.2, 0) is 10.0 Å². The molecule has 0 aromatic heterocycles. The van der Waals surface area contributed by atoms with Crippen LogP contribution in [0, 0.1) is 11.3 Å². The molecule has 1 aromatic carbocycles. The summed E-state index contributed by atoms with van der Waals surface area (Å²) in [5, 5.41) is 0.421. The Bertz CT molecular complexity index is 715. The van der Waals surface area contributed by atoms with Crippen LogP contribution in [0.2, 0.25) is 5.02 Å². The van der Waals surface area contributed by atoms with E-state index in [2.05, 4.69) is 9.71 Å². The van der Waals surface area contributed by atoms with Gasteiger partial charge in [0.15, 0.2) is 0 Å². The second-order valence-electron chi connectivity index (χ2n) is 6.21. The fourth-order valence-corrected chi connectivity index (χ4v) is 4.88. The molecule has 2 saturated carbocycles. The molecule has 0 saturated heterocycles. The van der Waals surface area contributed by atoms with Gasteiger partial charge in [-0.1, -0.05) is 11.6 Å². The van der Waals surface area contributed by atoms with Gasteiger partial charge in [-0.25, -0.2) is 8.42 Å². The van der Waals surface area contributed by atoms with E-state index in [1.165, 1.54) is 31.7 Å². The van der Waals surface area contributed by atoms with Crippen molar-refractivity contribution in [1.29, 1.82) is 0 Å². The van der Waals surface area contributed by atoms with Crippen LogP contribution in [0.1, 0.15) is 31.2 Å². The van der Waals surface area contributed by atoms with E-state index >= 15 is 0 Å². The van der Waals surface area contributed by atoms with Gasteiger partial charge in [0.05, 0.1) is 4.90 Å². The second kappa shape index (κ2) is 3.98. The second-order valence-corrected chi connectivity index (χ2v) is 8.30. The molecule has 1 N–H and O–H groups in total. The van der Waals surface area contributed by atoms with Crippen molar-refractivity contribution in [3.05, 3.63) is 28.8 Å². The first-order valence-corrected chi connectivity index (χ1v) is 8.71. The van der Waals surface area contributed by atoms with E-state index in [1.54, 1.807) is 12.1 Å². The smallest absolute Gasteiger partial charge is 0.263 e. The molecule has 0 bridgehead atoms. The van der Waals surface area contributed by atoms with Gasteiger partial charge < -0.3 is 0 Å². The minimum absolute atomic E-state index is 0.232. The highest BCUT2D eigenvalue weighted by atomic mass is 35.5. The Balaban J connectivity index is 1.58. The number of hydrogen-bond donors (Lipinski definition) is 1. The van der Waals surface area contributed by atoms with Crippen LogP contribution in [0.3, 0.4) is 0 Å². The molecular weight excluding hydrogens is 296 g/mol. The SMILES string of the molecule is O=S1(=O)NC(=NCC2CC3(CC3)C2)c2ccc(Cl)cc21. The molecule has 2 aliphatic carbocycles. The number of hydrogen-bond acceptors (Lipinski definition) is 3. The number of halogens is 1. The molecule has 0 atom stereocenters. The Hall–Kier alpha value is -1.07. The highest BCUT2D eigenvalue weighted by molar-refractivity contribution is 7.90. The van der Waals surface area contributed by atoms with Gasteiger partial charge in [0.25, 0.3) is 10.0 Å². The molecule has 2 fully saturated rings. The topological polar surface area (TPSA) is 58.5 Å². The molecular formula is C14H15ClN2O2S. The van der Waals surface area contributed by atoms with Crippen LogP contribution >= 0.6 is 11.6 Å². The Labute approximate surface area is 123 Å². The van der Waals surface area contributed by atoms with Crippen molar-refractivity contribution in [3.8, 4) is 0 Å². The van der Waals surface area contributed by atoms with Gasteiger partial charge in [-0.05, 0) is 55.2 Å². The molecule has 4 nitrogen and oxygen atoms in total. The highest BCUT2D eigenvalue weighted by Gasteiger charge is 2.52. The van der Waals surface area contributed by atoms with Crippen molar-refractivity contribution in [3.63, 3.8) is 0 Å². The lowest BCUT2D eigenvalue weighted by molar-refractivity contribution is 0.176. The first-order chi connectivity index (χ1) is 9.47. The molecule has 20 heavy (non-hydrogen) atoms. The summed E-state index contributed by atoms with van der Waals surface area (Å²) in [4.78, 5) is 4.72. The highest BCUT2D eigenvalue weighted by Crippen LogP contribution is 2.63. The normalized spacial score (nSPS) is 27.1. The molecule has 0 amide bonds. The Morgan fingerprint density at radius 3 is 2.80 bits per heavy atom. The van der Waals surface area contributed by atoms with Gasteiger partial charge >= 0.3 is 0 Å². The zero-order chi connectivity index (χ0) is 14.0. The van der Waals surface area contributed by atoms with Crippen LogP contribution in [0.4, 0.5) is 0 Å².